The summed E-state index contributed by atoms with van der Waals surface area (Å²) in [6.07, 6.45) is 3.35. The minimum Gasteiger partial charge on any atom is -0.383 e. The molecule has 4 rings (SSSR count). The number of aryl methyl sites for hydroxylation is 1. The second-order valence-electron chi connectivity index (χ2n) is 6.32. The number of hydrogen-bond acceptors (Lipinski definition) is 4. The summed E-state index contributed by atoms with van der Waals surface area (Å²) < 4.78 is 3.00. The van der Waals surface area contributed by atoms with Crippen LogP contribution in [0.15, 0.2) is 24.3 Å². The zero-order valence-corrected chi connectivity index (χ0v) is 13.1. The number of aromatic nitrogens is 3. The van der Waals surface area contributed by atoms with E-state index in [0.717, 1.165) is 35.0 Å². The molecule has 1 aliphatic carbocycles. The van der Waals surface area contributed by atoms with Crippen molar-refractivity contribution in [2.24, 2.45) is 0 Å². The summed E-state index contributed by atoms with van der Waals surface area (Å²) in [5.74, 6) is 0.758. The maximum absolute atomic E-state index is 6.42. The number of nitrogen functional groups attached to an aromatic ring is 1. The number of thiazole rings is 1. The van der Waals surface area contributed by atoms with Gasteiger partial charge in [-0.05, 0) is 36.8 Å². The van der Waals surface area contributed by atoms with Gasteiger partial charge in [0.15, 0.2) is 0 Å². The quantitative estimate of drug-likeness (QED) is 0.745. The maximum Gasteiger partial charge on any atom is 0.213 e. The summed E-state index contributed by atoms with van der Waals surface area (Å²) in [5, 5.41) is 5.61. The lowest BCUT2D eigenvalue weighted by Crippen LogP contribution is -2.24. The lowest BCUT2D eigenvalue weighted by molar-refractivity contribution is 0.432. The Kier molecular flexibility index (Phi) is 2.63. The van der Waals surface area contributed by atoms with E-state index in [4.69, 9.17) is 10.8 Å². The van der Waals surface area contributed by atoms with Crippen molar-refractivity contribution in [3.05, 3.63) is 35.5 Å². The molecule has 0 radical (unpaired) electrons. The topological polar surface area (TPSA) is 56.7 Å². The molecule has 0 saturated heterocycles. The zero-order valence-electron chi connectivity index (χ0n) is 12.3. The first kappa shape index (κ1) is 12.8. The van der Waals surface area contributed by atoms with Gasteiger partial charge >= 0.3 is 0 Å². The van der Waals surface area contributed by atoms with E-state index in [9.17, 15) is 0 Å². The Bertz CT molecular complexity index is 795. The number of anilines is 1. The van der Waals surface area contributed by atoms with Crippen molar-refractivity contribution in [3.63, 3.8) is 0 Å². The van der Waals surface area contributed by atoms with E-state index in [0.29, 0.717) is 0 Å². The molecule has 0 saturated carbocycles. The van der Waals surface area contributed by atoms with Crippen LogP contribution in [0.4, 0.5) is 5.82 Å². The number of hydrogen-bond donors (Lipinski definition) is 1. The molecule has 5 heteroatoms. The van der Waals surface area contributed by atoms with Gasteiger partial charge in [-0.2, -0.15) is 9.78 Å². The van der Waals surface area contributed by atoms with Crippen LogP contribution in [0.3, 0.4) is 0 Å². The highest BCUT2D eigenvalue weighted by Gasteiger charge is 2.34. The molecule has 3 aromatic rings. The van der Waals surface area contributed by atoms with E-state index < -0.39 is 0 Å². The SMILES string of the molecule is CC1(C)CCCc2nn(-c3nc4ccccc4s3)c(N)c21. The molecule has 0 amide bonds. The molecule has 1 aromatic carbocycles. The van der Waals surface area contributed by atoms with Gasteiger partial charge in [0.05, 0.1) is 15.9 Å². The first-order valence-electron chi connectivity index (χ1n) is 7.30. The van der Waals surface area contributed by atoms with Gasteiger partial charge in [-0.3, -0.25) is 0 Å². The molecule has 0 spiro atoms. The van der Waals surface area contributed by atoms with Crippen LogP contribution in [0.25, 0.3) is 15.3 Å². The molecule has 0 fully saturated rings. The van der Waals surface area contributed by atoms with Crippen molar-refractivity contribution in [3.8, 4) is 5.13 Å². The van der Waals surface area contributed by atoms with Gasteiger partial charge in [-0.25, -0.2) is 4.98 Å². The van der Waals surface area contributed by atoms with Crippen LogP contribution in [0.5, 0.6) is 0 Å². The van der Waals surface area contributed by atoms with Crippen molar-refractivity contribution in [2.45, 2.75) is 38.5 Å². The normalized spacial score (nSPS) is 17.0. The van der Waals surface area contributed by atoms with Gasteiger partial charge in [-0.1, -0.05) is 37.3 Å². The van der Waals surface area contributed by atoms with Crippen LogP contribution >= 0.6 is 11.3 Å². The second kappa shape index (κ2) is 4.31. The Morgan fingerprint density at radius 1 is 1.29 bits per heavy atom. The third-order valence-electron chi connectivity index (χ3n) is 4.35. The van der Waals surface area contributed by atoms with Crippen molar-refractivity contribution in [1.82, 2.24) is 14.8 Å². The Balaban J connectivity index is 1.92. The molecule has 0 bridgehead atoms. The van der Waals surface area contributed by atoms with Gasteiger partial charge in [-0.15, -0.1) is 0 Å². The number of nitrogens with zero attached hydrogens (tertiary/aromatic N) is 3. The monoisotopic (exact) mass is 298 g/mol. The highest BCUT2D eigenvalue weighted by Crippen LogP contribution is 2.41. The van der Waals surface area contributed by atoms with E-state index in [-0.39, 0.29) is 5.41 Å². The first-order valence-corrected chi connectivity index (χ1v) is 8.12. The second-order valence-corrected chi connectivity index (χ2v) is 7.33. The molecule has 1 aliphatic rings. The highest BCUT2D eigenvalue weighted by molar-refractivity contribution is 7.20. The van der Waals surface area contributed by atoms with Crippen LogP contribution in [-0.4, -0.2) is 14.8 Å². The zero-order chi connectivity index (χ0) is 14.6. The largest absolute Gasteiger partial charge is 0.383 e. The molecule has 21 heavy (non-hydrogen) atoms. The number of rotatable bonds is 1. The predicted octanol–water partition coefficient (Wildman–Crippen LogP) is 3.68. The van der Waals surface area contributed by atoms with Crippen LogP contribution in [0, 0.1) is 0 Å². The summed E-state index contributed by atoms with van der Waals surface area (Å²) in [6, 6.07) is 8.15. The van der Waals surface area contributed by atoms with Crippen LogP contribution in [0.1, 0.15) is 37.9 Å². The number of nitrogens with two attached hydrogens (primary N) is 1. The third kappa shape index (κ3) is 1.87. The van der Waals surface area contributed by atoms with E-state index in [1.165, 1.54) is 16.7 Å². The average molecular weight is 298 g/mol. The van der Waals surface area contributed by atoms with Gasteiger partial charge < -0.3 is 5.73 Å². The fourth-order valence-electron chi connectivity index (χ4n) is 3.31. The molecule has 108 valence electrons. The molecule has 2 N–H and O–H groups in total. The Morgan fingerprint density at radius 2 is 2.10 bits per heavy atom. The van der Waals surface area contributed by atoms with E-state index >= 15 is 0 Å². The van der Waals surface area contributed by atoms with Crippen molar-refractivity contribution in [2.75, 3.05) is 5.73 Å². The lowest BCUT2D eigenvalue weighted by Gasteiger charge is -2.29. The van der Waals surface area contributed by atoms with Gasteiger partial charge in [0, 0.05) is 5.56 Å². The Morgan fingerprint density at radius 3 is 2.86 bits per heavy atom. The fraction of sp³-hybridized carbons (Fsp3) is 0.375. The summed E-state index contributed by atoms with van der Waals surface area (Å²) in [5.41, 5.74) is 9.89. The fourth-order valence-corrected chi connectivity index (χ4v) is 4.24. The third-order valence-corrected chi connectivity index (χ3v) is 5.36. The number of para-hydroxylation sites is 1. The van der Waals surface area contributed by atoms with Gasteiger partial charge in [0.25, 0.3) is 0 Å². The number of benzene rings is 1. The Labute approximate surface area is 127 Å². The van der Waals surface area contributed by atoms with Crippen LogP contribution < -0.4 is 5.73 Å². The summed E-state index contributed by atoms with van der Waals surface area (Å²) >= 11 is 1.64. The standard InChI is InChI=1S/C16H18N4S/c1-16(2)9-5-7-11-13(16)14(17)20(19-11)15-18-10-6-3-4-8-12(10)21-15/h3-4,6,8H,5,7,9,17H2,1-2H3. The summed E-state index contributed by atoms with van der Waals surface area (Å²) in [7, 11) is 0. The molecule has 0 unspecified atom stereocenters. The molecular formula is C16H18N4S. The van der Waals surface area contributed by atoms with E-state index in [1.807, 2.05) is 22.9 Å². The highest BCUT2D eigenvalue weighted by atomic mass is 32.1. The van der Waals surface area contributed by atoms with E-state index in [1.54, 1.807) is 11.3 Å². The summed E-state index contributed by atoms with van der Waals surface area (Å²) in [6.45, 7) is 4.51. The molecule has 2 aromatic heterocycles. The summed E-state index contributed by atoms with van der Waals surface area (Å²) in [4.78, 5) is 4.67. The smallest absolute Gasteiger partial charge is 0.213 e. The Hall–Kier alpha value is -1.88. The minimum absolute atomic E-state index is 0.104. The predicted molar refractivity (Wildman–Crippen MR) is 87.1 cm³/mol. The van der Waals surface area contributed by atoms with E-state index in [2.05, 4.69) is 24.9 Å². The average Bonchev–Trinajstić information content (AvgIpc) is 3.00. The molecular weight excluding hydrogens is 280 g/mol. The van der Waals surface area contributed by atoms with Crippen LogP contribution in [0.2, 0.25) is 0 Å². The van der Waals surface area contributed by atoms with Crippen molar-refractivity contribution < 1.29 is 0 Å². The maximum atomic E-state index is 6.42. The van der Waals surface area contributed by atoms with Crippen molar-refractivity contribution in [1.29, 1.82) is 0 Å². The molecule has 4 nitrogen and oxygen atoms in total. The molecule has 0 aliphatic heterocycles. The first-order chi connectivity index (χ1) is 10.1. The lowest BCUT2D eigenvalue weighted by atomic mass is 9.75. The number of fused-ring (bicyclic) bond motifs is 2. The minimum atomic E-state index is 0.104. The molecule has 2 heterocycles. The van der Waals surface area contributed by atoms with Gasteiger partial charge in [0.1, 0.15) is 5.82 Å². The molecule has 0 atom stereocenters. The van der Waals surface area contributed by atoms with Crippen molar-refractivity contribution >= 4 is 27.4 Å². The van der Waals surface area contributed by atoms with Gasteiger partial charge in [0.2, 0.25) is 5.13 Å². The van der Waals surface area contributed by atoms with Crippen LogP contribution in [-0.2, 0) is 11.8 Å².